The molecule has 1 aromatic carbocycles. The van der Waals surface area contributed by atoms with Crippen LogP contribution in [0, 0.1) is 0 Å². The van der Waals surface area contributed by atoms with E-state index in [9.17, 15) is 4.79 Å². The average molecular weight is 318 g/mol. The van der Waals surface area contributed by atoms with E-state index in [2.05, 4.69) is 9.89 Å². The fraction of sp³-hybridized carbons (Fsp3) is 0.375. The van der Waals surface area contributed by atoms with Gasteiger partial charge in [0.25, 0.3) is 5.91 Å². The van der Waals surface area contributed by atoms with Crippen molar-refractivity contribution < 1.29 is 14.3 Å². The summed E-state index contributed by atoms with van der Waals surface area (Å²) in [6.07, 6.45) is 4.15. The zero-order valence-electron chi connectivity index (χ0n) is 12.7. The van der Waals surface area contributed by atoms with Crippen LogP contribution in [0.5, 0.6) is 11.5 Å². The third-order valence-corrected chi connectivity index (χ3v) is 4.75. The molecule has 0 spiro atoms. The van der Waals surface area contributed by atoms with Crippen LogP contribution >= 0.6 is 11.8 Å². The van der Waals surface area contributed by atoms with E-state index in [1.807, 2.05) is 24.3 Å². The molecule has 1 fully saturated rings. The van der Waals surface area contributed by atoms with Gasteiger partial charge in [-0.2, -0.15) is 4.99 Å². The predicted molar refractivity (Wildman–Crippen MR) is 88.4 cm³/mol. The largest absolute Gasteiger partial charge is 0.497 e. The Morgan fingerprint density at radius 3 is 2.68 bits per heavy atom. The van der Waals surface area contributed by atoms with Crippen LogP contribution in [0.3, 0.4) is 0 Å². The number of hydrogen-bond acceptors (Lipinski definition) is 5. The lowest BCUT2D eigenvalue weighted by atomic mass is 10.1. The second kappa shape index (κ2) is 6.44. The Bertz CT molecular complexity index is 649. The molecule has 0 saturated carbocycles. The molecule has 5 nitrogen and oxygen atoms in total. The van der Waals surface area contributed by atoms with Gasteiger partial charge < -0.3 is 14.4 Å². The molecular formula is C16H18N2O3S. The maximum Gasteiger partial charge on any atom is 0.286 e. The Kier molecular flexibility index (Phi) is 4.38. The number of amides is 1. The molecule has 0 unspecified atom stereocenters. The first-order valence-corrected chi connectivity index (χ1v) is 8.02. The quantitative estimate of drug-likeness (QED) is 0.802. The molecule has 2 aliphatic heterocycles. The fourth-order valence-corrected chi connectivity index (χ4v) is 3.49. The fourth-order valence-electron chi connectivity index (χ4n) is 2.54. The van der Waals surface area contributed by atoms with E-state index < -0.39 is 0 Å². The molecule has 1 amide bonds. The number of rotatable bonds is 3. The zero-order valence-corrected chi connectivity index (χ0v) is 13.5. The van der Waals surface area contributed by atoms with Crippen LogP contribution < -0.4 is 9.47 Å². The zero-order chi connectivity index (χ0) is 15.5. The lowest BCUT2D eigenvalue weighted by Gasteiger charge is -2.14. The maximum atomic E-state index is 12.1. The highest BCUT2D eigenvalue weighted by molar-refractivity contribution is 8.18. The Balaban J connectivity index is 1.85. The third kappa shape index (κ3) is 2.97. The van der Waals surface area contributed by atoms with Gasteiger partial charge in [0.05, 0.1) is 19.1 Å². The summed E-state index contributed by atoms with van der Waals surface area (Å²) in [4.78, 5) is 19.1. The summed E-state index contributed by atoms with van der Waals surface area (Å²) < 4.78 is 10.6. The maximum absolute atomic E-state index is 12.1. The Hall–Kier alpha value is -1.95. The van der Waals surface area contributed by atoms with Crippen LogP contribution in [0.2, 0.25) is 0 Å². The number of carbonyl (C=O) groups excluding carboxylic acids is 1. The molecule has 0 radical (unpaired) electrons. The molecule has 0 N–H and O–H groups in total. The molecule has 2 aliphatic rings. The number of ether oxygens (including phenoxy) is 2. The van der Waals surface area contributed by atoms with Crippen molar-refractivity contribution in [1.82, 2.24) is 4.90 Å². The molecule has 1 aromatic rings. The van der Waals surface area contributed by atoms with E-state index in [0.717, 1.165) is 42.4 Å². The molecule has 116 valence electrons. The van der Waals surface area contributed by atoms with Gasteiger partial charge in [-0.25, -0.2) is 0 Å². The lowest BCUT2D eigenvalue weighted by Crippen LogP contribution is -2.23. The minimum atomic E-state index is -0.184. The van der Waals surface area contributed by atoms with Crippen LogP contribution in [0.15, 0.2) is 28.1 Å². The van der Waals surface area contributed by atoms with Gasteiger partial charge >= 0.3 is 0 Å². The second-order valence-corrected chi connectivity index (χ2v) is 6.12. The van der Waals surface area contributed by atoms with Crippen LogP contribution in [0.4, 0.5) is 0 Å². The molecule has 0 aromatic heterocycles. The van der Waals surface area contributed by atoms with Gasteiger partial charge in [0.1, 0.15) is 11.5 Å². The van der Waals surface area contributed by atoms with Crippen molar-refractivity contribution in [3.63, 3.8) is 0 Å². The van der Waals surface area contributed by atoms with Gasteiger partial charge in [0.15, 0.2) is 5.17 Å². The summed E-state index contributed by atoms with van der Waals surface area (Å²) in [5.74, 6) is 1.25. The SMILES string of the molecule is COc1ccc(OC)c(/C=C2/SC(N3CCCC3)=NC2=O)c1. The topological polar surface area (TPSA) is 51.1 Å². The van der Waals surface area contributed by atoms with Crippen LogP contribution in [0.1, 0.15) is 18.4 Å². The summed E-state index contributed by atoms with van der Waals surface area (Å²) in [6.45, 7) is 1.96. The Morgan fingerprint density at radius 1 is 1.23 bits per heavy atom. The van der Waals surface area contributed by atoms with E-state index in [1.165, 1.54) is 11.8 Å². The molecule has 1 saturated heterocycles. The van der Waals surface area contributed by atoms with Crippen molar-refractivity contribution >= 4 is 28.9 Å². The molecular weight excluding hydrogens is 300 g/mol. The molecule has 6 heteroatoms. The van der Waals surface area contributed by atoms with Gasteiger partial charge in [0.2, 0.25) is 0 Å². The van der Waals surface area contributed by atoms with E-state index in [-0.39, 0.29) is 5.91 Å². The monoisotopic (exact) mass is 318 g/mol. The highest BCUT2D eigenvalue weighted by atomic mass is 32.2. The Labute approximate surface area is 134 Å². The van der Waals surface area contributed by atoms with Crippen molar-refractivity contribution in [2.45, 2.75) is 12.8 Å². The van der Waals surface area contributed by atoms with Gasteiger partial charge in [-0.3, -0.25) is 4.79 Å². The standard InChI is InChI=1S/C16H18N2O3S/c1-20-12-5-6-13(21-2)11(9-12)10-14-15(19)17-16(22-14)18-7-3-4-8-18/h5-6,9-10H,3-4,7-8H2,1-2H3/b14-10+. The molecule has 0 atom stereocenters. The first-order valence-electron chi connectivity index (χ1n) is 7.21. The number of hydrogen-bond donors (Lipinski definition) is 0. The van der Waals surface area contributed by atoms with Gasteiger partial charge in [-0.05, 0) is 48.9 Å². The minimum absolute atomic E-state index is 0.184. The summed E-state index contributed by atoms with van der Waals surface area (Å²) >= 11 is 1.43. The summed E-state index contributed by atoms with van der Waals surface area (Å²) in [6, 6.07) is 5.52. The minimum Gasteiger partial charge on any atom is -0.497 e. The normalized spacial score (nSPS) is 19.7. The Morgan fingerprint density at radius 2 is 2.00 bits per heavy atom. The van der Waals surface area contributed by atoms with Crippen LogP contribution in [-0.2, 0) is 4.79 Å². The van der Waals surface area contributed by atoms with E-state index >= 15 is 0 Å². The first kappa shape index (κ1) is 15.0. The molecule has 3 rings (SSSR count). The third-order valence-electron chi connectivity index (χ3n) is 3.71. The van der Waals surface area contributed by atoms with Crippen molar-refractivity contribution in [2.75, 3.05) is 27.3 Å². The van der Waals surface area contributed by atoms with Crippen molar-refractivity contribution in [3.05, 3.63) is 28.7 Å². The molecule has 22 heavy (non-hydrogen) atoms. The number of methoxy groups -OCH3 is 2. The molecule has 2 heterocycles. The highest BCUT2D eigenvalue weighted by Crippen LogP contribution is 2.34. The van der Waals surface area contributed by atoms with Crippen molar-refractivity contribution in [2.24, 2.45) is 4.99 Å². The number of thioether (sulfide) groups is 1. The lowest BCUT2D eigenvalue weighted by molar-refractivity contribution is -0.113. The number of nitrogens with zero attached hydrogens (tertiary/aromatic N) is 2. The van der Waals surface area contributed by atoms with E-state index in [1.54, 1.807) is 14.2 Å². The average Bonchev–Trinajstić information content (AvgIpc) is 3.17. The smallest absolute Gasteiger partial charge is 0.286 e. The number of benzene rings is 1. The molecule has 0 bridgehead atoms. The van der Waals surface area contributed by atoms with Gasteiger partial charge in [-0.1, -0.05) is 0 Å². The summed E-state index contributed by atoms with van der Waals surface area (Å²) in [7, 11) is 3.22. The number of likely N-dealkylation sites (tertiary alicyclic amines) is 1. The predicted octanol–water partition coefficient (Wildman–Crippen LogP) is 2.77. The second-order valence-electron chi connectivity index (χ2n) is 5.11. The number of carbonyl (C=O) groups is 1. The van der Waals surface area contributed by atoms with Crippen molar-refractivity contribution in [1.29, 1.82) is 0 Å². The summed E-state index contributed by atoms with van der Waals surface area (Å²) in [5.41, 5.74) is 0.815. The van der Waals surface area contributed by atoms with Gasteiger partial charge in [-0.15, -0.1) is 0 Å². The van der Waals surface area contributed by atoms with Crippen molar-refractivity contribution in [3.8, 4) is 11.5 Å². The van der Waals surface area contributed by atoms with E-state index in [4.69, 9.17) is 9.47 Å². The van der Waals surface area contributed by atoms with Crippen LogP contribution in [0.25, 0.3) is 6.08 Å². The molecule has 0 aliphatic carbocycles. The number of amidine groups is 1. The van der Waals surface area contributed by atoms with E-state index in [0.29, 0.717) is 10.7 Å². The first-order chi connectivity index (χ1) is 10.7. The number of aliphatic imine (C=N–C) groups is 1. The highest BCUT2D eigenvalue weighted by Gasteiger charge is 2.27. The van der Waals surface area contributed by atoms with Gasteiger partial charge in [0, 0.05) is 18.7 Å². The van der Waals surface area contributed by atoms with Crippen LogP contribution in [-0.4, -0.2) is 43.3 Å². The summed E-state index contributed by atoms with van der Waals surface area (Å²) in [5, 5.41) is 0.815.